The Bertz CT molecular complexity index is 359. The summed E-state index contributed by atoms with van der Waals surface area (Å²) in [5, 5.41) is 9.57. The van der Waals surface area contributed by atoms with Crippen molar-refractivity contribution < 1.29 is 5.11 Å². The largest absolute Gasteiger partial charge is 0.389 e. The van der Waals surface area contributed by atoms with Crippen LogP contribution in [0.1, 0.15) is 44.3 Å². The standard InChI is InChI=1S/C14H22N2O/c1-11(17)13-7-8-15-14(9-13)16(2)10-12-5-3-4-6-12/h7-9,11-12,17H,3-6,10H2,1-2H3. The minimum atomic E-state index is -0.420. The maximum absolute atomic E-state index is 9.57. The minimum absolute atomic E-state index is 0.420. The molecule has 94 valence electrons. The van der Waals surface area contributed by atoms with Gasteiger partial charge in [0.2, 0.25) is 0 Å². The zero-order valence-electron chi connectivity index (χ0n) is 10.8. The molecule has 0 radical (unpaired) electrons. The predicted octanol–water partition coefficient (Wildman–Crippen LogP) is 2.76. The molecule has 1 atom stereocenters. The Balaban J connectivity index is 2.02. The second-order valence-electron chi connectivity index (χ2n) is 5.15. The fraction of sp³-hybridized carbons (Fsp3) is 0.643. The monoisotopic (exact) mass is 234 g/mol. The summed E-state index contributed by atoms with van der Waals surface area (Å²) in [5.74, 6) is 1.78. The van der Waals surface area contributed by atoms with Crippen molar-refractivity contribution in [3.05, 3.63) is 23.9 Å². The average Bonchev–Trinajstić information content (AvgIpc) is 2.82. The van der Waals surface area contributed by atoms with Gasteiger partial charge in [-0.25, -0.2) is 4.98 Å². The molecule has 17 heavy (non-hydrogen) atoms. The van der Waals surface area contributed by atoms with Gasteiger partial charge in [-0.2, -0.15) is 0 Å². The molecule has 0 aliphatic heterocycles. The van der Waals surface area contributed by atoms with Gasteiger partial charge >= 0.3 is 0 Å². The molecule has 0 amide bonds. The molecule has 3 nitrogen and oxygen atoms in total. The Labute approximate surface area is 103 Å². The summed E-state index contributed by atoms with van der Waals surface area (Å²) in [6.07, 6.45) is 6.81. The van der Waals surface area contributed by atoms with Crippen molar-refractivity contribution in [2.45, 2.75) is 38.7 Å². The van der Waals surface area contributed by atoms with E-state index in [0.717, 1.165) is 23.8 Å². The first kappa shape index (κ1) is 12.4. The average molecular weight is 234 g/mol. The van der Waals surface area contributed by atoms with Gasteiger partial charge in [0.15, 0.2) is 0 Å². The molecule has 1 fully saturated rings. The van der Waals surface area contributed by atoms with Crippen molar-refractivity contribution in [2.75, 3.05) is 18.5 Å². The number of anilines is 1. The number of aromatic nitrogens is 1. The third kappa shape index (κ3) is 3.19. The van der Waals surface area contributed by atoms with Crippen LogP contribution in [0.25, 0.3) is 0 Å². The zero-order valence-corrected chi connectivity index (χ0v) is 10.8. The van der Waals surface area contributed by atoms with Crippen LogP contribution in [0.4, 0.5) is 5.82 Å². The number of hydrogen-bond donors (Lipinski definition) is 1. The van der Waals surface area contributed by atoms with Crippen LogP contribution >= 0.6 is 0 Å². The number of aliphatic hydroxyl groups is 1. The Hall–Kier alpha value is -1.09. The van der Waals surface area contributed by atoms with Gasteiger partial charge < -0.3 is 10.0 Å². The van der Waals surface area contributed by atoms with E-state index in [9.17, 15) is 5.11 Å². The summed E-state index contributed by atoms with van der Waals surface area (Å²) < 4.78 is 0. The molecule has 1 unspecified atom stereocenters. The normalized spacial score (nSPS) is 18.3. The number of aliphatic hydroxyl groups excluding tert-OH is 1. The number of rotatable bonds is 4. The van der Waals surface area contributed by atoms with E-state index < -0.39 is 6.10 Å². The van der Waals surface area contributed by atoms with Crippen molar-refractivity contribution in [1.82, 2.24) is 4.98 Å². The smallest absolute Gasteiger partial charge is 0.128 e. The van der Waals surface area contributed by atoms with Gasteiger partial charge in [0.05, 0.1) is 6.10 Å². The zero-order chi connectivity index (χ0) is 12.3. The van der Waals surface area contributed by atoms with Gasteiger partial charge in [-0.1, -0.05) is 12.8 Å². The Morgan fingerprint density at radius 1 is 1.47 bits per heavy atom. The molecule has 3 heteroatoms. The van der Waals surface area contributed by atoms with E-state index in [1.54, 1.807) is 13.1 Å². The topological polar surface area (TPSA) is 36.4 Å². The van der Waals surface area contributed by atoms with Crippen LogP contribution in [0.2, 0.25) is 0 Å². The van der Waals surface area contributed by atoms with Crippen LogP contribution in [-0.2, 0) is 0 Å². The van der Waals surface area contributed by atoms with Crippen LogP contribution in [-0.4, -0.2) is 23.7 Å². The molecule has 0 saturated heterocycles. The molecule has 0 spiro atoms. The summed E-state index contributed by atoms with van der Waals surface area (Å²) in [7, 11) is 2.09. The Kier molecular flexibility index (Phi) is 4.00. The van der Waals surface area contributed by atoms with Gasteiger partial charge in [-0.15, -0.1) is 0 Å². The lowest BCUT2D eigenvalue weighted by Crippen LogP contribution is -2.24. The first-order chi connectivity index (χ1) is 8.16. The van der Waals surface area contributed by atoms with Crippen molar-refractivity contribution in [3.63, 3.8) is 0 Å². The van der Waals surface area contributed by atoms with Crippen LogP contribution in [0, 0.1) is 5.92 Å². The fourth-order valence-electron chi connectivity index (χ4n) is 2.58. The molecule has 1 saturated carbocycles. The molecule has 1 N–H and O–H groups in total. The van der Waals surface area contributed by atoms with Crippen molar-refractivity contribution >= 4 is 5.82 Å². The highest BCUT2D eigenvalue weighted by Gasteiger charge is 2.17. The maximum atomic E-state index is 9.57. The molecule has 1 aromatic rings. The van der Waals surface area contributed by atoms with Crippen LogP contribution < -0.4 is 4.90 Å². The van der Waals surface area contributed by atoms with E-state index in [4.69, 9.17) is 0 Å². The minimum Gasteiger partial charge on any atom is -0.389 e. The first-order valence-corrected chi connectivity index (χ1v) is 6.52. The third-order valence-corrected chi connectivity index (χ3v) is 3.65. The van der Waals surface area contributed by atoms with Gasteiger partial charge in [0.25, 0.3) is 0 Å². The van der Waals surface area contributed by atoms with E-state index in [1.165, 1.54) is 25.7 Å². The lowest BCUT2D eigenvalue weighted by atomic mass is 10.1. The van der Waals surface area contributed by atoms with E-state index in [2.05, 4.69) is 16.9 Å². The quantitative estimate of drug-likeness (QED) is 0.870. The van der Waals surface area contributed by atoms with E-state index in [0.29, 0.717) is 0 Å². The molecule has 1 heterocycles. The first-order valence-electron chi connectivity index (χ1n) is 6.52. The van der Waals surface area contributed by atoms with E-state index in [-0.39, 0.29) is 0 Å². The Morgan fingerprint density at radius 3 is 2.82 bits per heavy atom. The summed E-state index contributed by atoms with van der Waals surface area (Å²) in [6.45, 7) is 2.87. The maximum Gasteiger partial charge on any atom is 0.128 e. The lowest BCUT2D eigenvalue weighted by Gasteiger charge is -2.22. The highest BCUT2D eigenvalue weighted by Crippen LogP contribution is 2.26. The molecular formula is C14H22N2O. The van der Waals surface area contributed by atoms with Crippen LogP contribution in [0.3, 0.4) is 0 Å². The number of nitrogens with zero attached hydrogens (tertiary/aromatic N) is 2. The van der Waals surface area contributed by atoms with Gasteiger partial charge in [-0.3, -0.25) is 0 Å². The third-order valence-electron chi connectivity index (χ3n) is 3.65. The van der Waals surface area contributed by atoms with Crippen LogP contribution in [0.5, 0.6) is 0 Å². The molecule has 0 bridgehead atoms. The summed E-state index contributed by atoms with van der Waals surface area (Å²) in [4.78, 5) is 6.59. The van der Waals surface area contributed by atoms with Crippen molar-refractivity contribution in [1.29, 1.82) is 0 Å². The molecule has 1 aliphatic rings. The van der Waals surface area contributed by atoms with Crippen LogP contribution in [0.15, 0.2) is 18.3 Å². The molecular weight excluding hydrogens is 212 g/mol. The van der Waals surface area contributed by atoms with E-state index >= 15 is 0 Å². The van der Waals surface area contributed by atoms with Gasteiger partial charge in [0.1, 0.15) is 5.82 Å². The number of pyridine rings is 1. The summed E-state index contributed by atoms with van der Waals surface area (Å²) in [6, 6.07) is 3.86. The highest BCUT2D eigenvalue weighted by atomic mass is 16.3. The fourth-order valence-corrected chi connectivity index (χ4v) is 2.58. The van der Waals surface area contributed by atoms with Gasteiger partial charge in [-0.05, 0) is 43.4 Å². The second-order valence-corrected chi connectivity index (χ2v) is 5.15. The molecule has 0 aromatic carbocycles. The lowest BCUT2D eigenvalue weighted by molar-refractivity contribution is 0.199. The van der Waals surface area contributed by atoms with Crippen molar-refractivity contribution in [3.8, 4) is 0 Å². The summed E-state index contributed by atoms with van der Waals surface area (Å²) >= 11 is 0. The summed E-state index contributed by atoms with van der Waals surface area (Å²) in [5.41, 5.74) is 0.938. The van der Waals surface area contributed by atoms with Gasteiger partial charge in [0, 0.05) is 19.8 Å². The molecule has 1 aromatic heterocycles. The SMILES string of the molecule is CC(O)c1ccnc(N(C)CC2CCCC2)c1. The number of hydrogen-bond acceptors (Lipinski definition) is 3. The Morgan fingerprint density at radius 2 is 2.18 bits per heavy atom. The van der Waals surface area contributed by atoms with E-state index in [1.807, 2.05) is 12.1 Å². The molecule has 2 rings (SSSR count). The predicted molar refractivity (Wildman–Crippen MR) is 70.1 cm³/mol. The highest BCUT2D eigenvalue weighted by molar-refractivity contribution is 5.40. The van der Waals surface area contributed by atoms with Crippen molar-refractivity contribution in [2.24, 2.45) is 5.92 Å². The molecule has 1 aliphatic carbocycles. The second kappa shape index (κ2) is 5.50.